The number of fused-ring (bicyclic) bond motifs is 1. The lowest BCUT2D eigenvalue weighted by Gasteiger charge is -2.23. The molecule has 2 aromatic carbocycles. The first-order valence-electron chi connectivity index (χ1n) is 6.85. The summed E-state index contributed by atoms with van der Waals surface area (Å²) in [4.78, 5) is 14.7. The fourth-order valence-electron chi connectivity index (χ4n) is 2.86. The smallest absolute Gasteiger partial charge is 0.260 e. The van der Waals surface area contributed by atoms with E-state index in [1.54, 1.807) is 6.07 Å². The number of anilines is 2. The number of amides is 1. The van der Waals surface area contributed by atoms with Crippen molar-refractivity contribution in [1.82, 2.24) is 0 Å². The minimum absolute atomic E-state index is 0.0105. The van der Waals surface area contributed by atoms with Gasteiger partial charge in [0.15, 0.2) is 0 Å². The van der Waals surface area contributed by atoms with Crippen molar-refractivity contribution in [3.05, 3.63) is 59.2 Å². The average Bonchev–Trinajstić information content (AvgIpc) is 2.76. The third kappa shape index (κ3) is 1.95. The molecule has 1 aliphatic rings. The van der Waals surface area contributed by atoms with Crippen LogP contribution in [0.5, 0.6) is 0 Å². The summed E-state index contributed by atoms with van der Waals surface area (Å²) < 4.78 is 0. The largest absolute Gasteiger partial charge is 0.398 e. The summed E-state index contributed by atoms with van der Waals surface area (Å²) in [5.74, 6) is -0.0105. The van der Waals surface area contributed by atoms with E-state index in [-0.39, 0.29) is 11.9 Å². The molecular weight excluding hydrogens is 248 g/mol. The van der Waals surface area contributed by atoms with E-state index in [2.05, 4.69) is 13.0 Å². The van der Waals surface area contributed by atoms with Gasteiger partial charge in [0.2, 0.25) is 0 Å². The zero-order chi connectivity index (χ0) is 14.3. The van der Waals surface area contributed by atoms with Crippen LogP contribution in [0.1, 0.15) is 28.4 Å². The Morgan fingerprint density at radius 1 is 1.25 bits per heavy atom. The van der Waals surface area contributed by atoms with Gasteiger partial charge in [0, 0.05) is 17.4 Å². The summed E-state index contributed by atoms with van der Waals surface area (Å²) in [6.07, 6.45) is 0.896. The molecule has 1 unspecified atom stereocenters. The molecule has 1 atom stereocenters. The van der Waals surface area contributed by atoms with E-state index in [1.807, 2.05) is 42.2 Å². The minimum Gasteiger partial charge on any atom is -0.398 e. The van der Waals surface area contributed by atoms with Crippen molar-refractivity contribution >= 4 is 17.3 Å². The van der Waals surface area contributed by atoms with Crippen molar-refractivity contribution in [1.29, 1.82) is 0 Å². The number of para-hydroxylation sites is 1. The Kier molecular flexibility index (Phi) is 2.97. The van der Waals surface area contributed by atoms with Gasteiger partial charge in [-0.25, -0.2) is 0 Å². The van der Waals surface area contributed by atoms with Crippen LogP contribution < -0.4 is 10.6 Å². The molecule has 20 heavy (non-hydrogen) atoms. The number of hydrogen-bond donors (Lipinski definition) is 1. The summed E-state index contributed by atoms with van der Waals surface area (Å²) >= 11 is 0. The summed E-state index contributed by atoms with van der Waals surface area (Å²) in [7, 11) is 0. The van der Waals surface area contributed by atoms with Crippen LogP contribution in [-0.2, 0) is 6.42 Å². The van der Waals surface area contributed by atoms with Crippen LogP contribution in [0.25, 0.3) is 0 Å². The van der Waals surface area contributed by atoms with Crippen LogP contribution in [0.15, 0.2) is 42.5 Å². The zero-order valence-corrected chi connectivity index (χ0v) is 11.8. The molecule has 0 spiro atoms. The van der Waals surface area contributed by atoms with Gasteiger partial charge < -0.3 is 10.6 Å². The molecule has 0 saturated heterocycles. The third-order valence-electron chi connectivity index (χ3n) is 3.87. The number of carbonyl (C=O) groups excluding carboxylic acids is 1. The standard InChI is InChI=1S/C17H18N2O/c1-11-7-8-15(18)14(9-11)17(20)19-12(2)10-13-5-3-4-6-16(13)19/h3-9,12H,10,18H2,1-2H3. The lowest BCUT2D eigenvalue weighted by molar-refractivity contribution is 0.0982. The Labute approximate surface area is 119 Å². The molecule has 1 heterocycles. The number of benzene rings is 2. The van der Waals surface area contributed by atoms with Crippen LogP contribution in [-0.4, -0.2) is 11.9 Å². The van der Waals surface area contributed by atoms with Crippen LogP contribution >= 0.6 is 0 Å². The highest BCUT2D eigenvalue weighted by atomic mass is 16.2. The molecule has 0 saturated carbocycles. The van der Waals surface area contributed by atoms with E-state index < -0.39 is 0 Å². The number of nitrogen functional groups attached to an aromatic ring is 1. The normalized spacial score (nSPS) is 17.1. The van der Waals surface area contributed by atoms with Gasteiger partial charge in [0.05, 0.1) is 5.56 Å². The van der Waals surface area contributed by atoms with Crippen molar-refractivity contribution in [3.63, 3.8) is 0 Å². The van der Waals surface area contributed by atoms with Gasteiger partial charge in [0.1, 0.15) is 0 Å². The number of hydrogen-bond acceptors (Lipinski definition) is 2. The first-order valence-corrected chi connectivity index (χ1v) is 6.85. The van der Waals surface area contributed by atoms with Gasteiger partial charge >= 0.3 is 0 Å². The van der Waals surface area contributed by atoms with Gasteiger partial charge in [-0.2, -0.15) is 0 Å². The molecule has 0 aliphatic carbocycles. The van der Waals surface area contributed by atoms with Crippen LogP contribution in [0, 0.1) is 6.92 Å². The minimum atomic E-state index is -0.0105. The number of carbonyl (C=O) groups is 1. The Balaban J connectivity index is 2.05. The van der Waals surface area contributed by atoms with Gasteiger partial charge in [0.25, 0.3) is 5.91 Å². The van der Waals surface area contributed by atoms with E-state index >= 15 is 0 Å². The molecule has 0 radical (unpaired) electrons. The predicted molar refractivity (Wildman–Crippen MR) is 82.0 cm³/mol. The Morgan fingerprint density at radius 3 is 2.80 bits per heavy atom. The lowest BCUT2D eigenvalue weighted by atomic mass is 10.1. The van der Waals surface area contributed by atoms with Gasteiger partial charge in [-0.05, 0) is 44.0 Å². The summed E-state index contributed by atoms with van der Waals surface area (Å²) in [5, 5.41) is 0. The van der Waals surface area contributed by atoms with Crippen molar-refractivity contribution in [3.8, 4) is 0 Å². The maximum absolute atomic E-state index is 12.8. The second-order valence-electron chi connectivity index (χ2n) is 5.45. The molecule has 0 bridgehead atoms. The highest BCUT2D eigenvalue weighted by Crippen LogP contribution is 2.33. The number of aryl methyl sites for hydroxylation is 1. The Morgan fingerprint density at radius 2 is 2.00 bits per heavy atom. The zero-order valence-electron chi connectivity index (χ0n) is 11.8. The molecule has 0 fully saturated rings. The lowest BCUT2D eigenvalue weighted by Crippen LogP contribution is -2.36. The van der Waals surface area contributed by atoms with Gasteiger partial charge in [-0.3, -0.25) is 4.79 Å². The fourth-order valence-corrected chi connectivity index (χ4v) is 2.86. The van der Waals surface area contributed by atoms with Crippen molar-refractivity contribution in [2.45, 2.75) is 26.3 Å². The highest BCUT2D eigenvalue weighted by molar-refractivity contribution is 6.10. The second-order valence-corrected chi connectivity index (χ2v) is 5.45. The molecule has 1 amide bonds. The second kappa shape index (κ2) is 4.67. The molecular formula is C17H18N2O. The molecule has 1 aliphatic heterocycles. The molecule has 3 heteroatoms. The molecule has 3 nitrogen and oxygen atoms in total. The number of nitrogens with zero attached hydrogens (tertiary/aromatic N) is 1. The van der Waals surface area contributed by atoms with Gasteiger partial charge in [-0.15, -0.1) is 0 Å². The summed E-state index contributed by atoms with van der Waals surface area (Å²) in [6.45, 7) is 4.04. The van der Waals surface area contributed by atoms with Crippen LogP contribution in [0.3, 0.4) is 0 Å². The maximum atomic E-state index is 12.8. The maximum Gasteiger partial charge on any atom is 0.260 e. The monoisotopic (exact) mass is 266 g/mol. The van der Waals surface area contributed by atoms with E-state index in [1.165, 1.54) is 5.56 Å². The molecule has 102 valence electrons. The number of nitrogens with two attached hydrogens (primary N) is 1. The first-order chi connectivity index (χ1) is 9.58. The molecule has 3 rings (SSSR count). The summed E-state index contributed by atoms with van der Waals surface area (Å²) in [6, 6.07) is 13.8. The van der Waals surface area contributed by atoms with E-state index in [0.717, 1.165) is 17.7 Å². The molecule has 2 N–H and O–H groups in total. The molecule has 2 aromatic rings. The van der Waals surface area contributed by atoms with Crippen LogP contribution in [0.4, 0.5) is 11.4 Å². The van der Waals surface area contributed by atoms with E-state index in [4.69, 9.17) is 5.73 Å². The SMILES string of the molecule is Cc1ccc(N)c(C(=O)N2c3ccccc3CC2C)c1. The third-order valence-corrected chi connectivity index (χ3v) is 3.87. The highest BCUT2D eigenvalue weighted by Gasteiger charge is 2.31. The fraction of sp³-hybridized carbons (Fsp3) is 0.235. The number of rotatable bonds is 1. The van der Waals surface area contributed by atoms with E-state index in [9.17, 15) is 4.79 Å². The van der Waals surface area contributed by atoms with Crippen molar-refractivity contribution < 1.29 is 4.79 Å². The van der Waals surface area contributed by atoms with Crippen molar-refractivity contribution in [2.24, 2.45) is 0 Å². The predicted octanol–water partition coefficient (Wildman–Crippen LogP) is 3.17. The topological polar surface area (TPSA) is 46.3 Å². The quantitative estimate of drug-likeness (QED) is 0.806. The molecule has 0 aromatic heterocycles. The van der Waals surface area contributed by atoms with Gasteiger partial charge in [-0.1, -0.05) is 29.8 Å². The van der Waals surface area contributed by atoms with Crippen LogP contribution in [0.2, 0.25) is 0 Å². The van der Waals surface area contributed by atoms with Crippen molar-refractivity contribution in [2.75, 3.05) is 10.6 Å². The first kappa shape index (κ1) is 12.7. The average molecular weight is 266 g/mol. The Hall–Kier alpha value is -2.29. The van der Waals surface area contributed by atoms with E-state index in [0.29, 0.717) is 11.3 Å². The summed E-state index contributed by atoms with van der Waals surface area (Å²) in [5.41, 5.74) is 10.4. The Bertz CT molecular complexity index is 678.